The summed E-state index contributed by atoms with van der Waals surface area (Å²) in [5.74, 6) is 0.901. The summed E-state index contributed by atoms with van der Waals surface area (Å²) in [6, 6.07) is 3.63. The van der Waals surface area contributed by atoms with Gasteiger partial charge < -0.3 is 4.74 Å². The summed E-state index contributed by atoms with van der Waals surface area (Å²) in [6.07, 6.45) is 6.56. The van der Waals surface area contributed by atoms with Crippen molar-refractivity contribution in [2.45, 2.75) is 51.7 Å². The monoisotopic (exact) mass is 355 g/mol. The molecule has 2 aromatic rings. The Kier molecular flexibility index (Phi) is 4.06. The van der Waals surface area contributed by atoms with Crippen molar-refractivity contribution in [3.8, 4) is 0 Å². The summed E-state index contributed by atoms with van der Waals surface area (Å²) < 4.78 is 8.49. The van der Waals surface area contributed by atoms with Crippen LogP contribution in [0.3, 0.4) is 0 Å². The third kappa shape index (κ3) is 2.53. The summed E-state index contributed by atoms with van der Waals surface area (Å²) in [4.78, 5) is 17.4. The lowest BCUT2D eigenvalue weighted by atomic mass is 9.98. The molecule has 2 aliphatic rings. The van der Waals surface area contributed by atoms with E-state index >= 15 is 0 Å². The lowest BCUT2D eigenvalue weighted by Gasteiger charge is -2.22. The van der Waals surface area contributed by atoms with Gasteiger partial charge in [0.2, 0.25) is 0 Å². The van der Waals surface area contributed by atoms with E-state index in [9.17, 15) is 4.79 Å². The standard InChI is InChI=1S/C19H25N5O2/c1-3-13(26-2)11-23-14-5-4-10-22-16(14)24(15(20)17(23)25)18(21)19(8-9-19)12-6-7-12/h4-5,10,12-13,20-21H,3,6-9,11H2,1-2H3. The number of ether oxygens (including phenoxy) is 1. The van der Waals surface area contributed by atoms with Crippen LogP contribution in [0.25, 0.3) is 11.2 Å². The largest absolute Gasteiger partial charge is 0.380 e. The molecular formula is C19H25N5O2. The van der Waals surface area contributed by atoms with Crippen LogP contribution in [-0.4, -0.2) is 33.2 Å². The van der Waals surface area contributed by atoms with Crippen molar-refractivity contribution in [3.05, 3.63) is 34.2 Å². The van der Waals surface area contributed by atoms with Crippen LogP contribution in [0.4, 0.5) is 0 Å². The quantitative estimate of drug-likeness (QED) is 0.613. The second kappa shape index (κ2) is 6.16. The maximum Gasteiger partial charge on any atom is 0.294 e. The van der Waals surface area contributed by atoms with Gasteiger partial charge in [0.1, 0.15) is 5.84 Å². The molecule has 7 heteroatoms. The van der Waals surface area contributed by atoms with Gasteiger partial charge in [0.25, 0.3) is 5.56 Å². The molecule has 138 valence electrons. The van der Waals surface area contributed by atoms with Gasteiger partial charge in [-0.3, -0.25) is 24.7 Å². The van der Waals surface area contributed by atoms with Crippen molar-refractivity contribution in [3.63, 3.8) is 0 Å². The van der Waals surface area contributed by atoms with Crippen LogP contribution in [0.1, 0.15) is 39.0 Å². The Morgan fingerprint density at radius 2 is 2.19 bits per heavy atom. The smallest absolute Gasteiger partial charge is 0.294 e. The van der Waals surface area contributed by atoms with Crippen molar-refractivity contribution >= 4 is 17.0 Å². The maximum atomic E-state index is 13.0. The summed E-state index contributed by atoms with van der Waals surface area (Å²) in [6.45, 7) is 2.38. The number of aromatic nitrogens is 3. The summed E-state index contributed by atoms with van der Waals surface area (Å²) >= 11 is 0. The average molecular weight is 355 g/mol. The second-order valence-electron chi connectivity index (χ2n) is 7.49. The molecule has 0 aromatic carbocycles. The van der Waals surface area contributed by atoms with Crippen LogP contribution in [-0.2, 0) is 11.3 Å². The normalized spacial score (nSPS) is 19.5. The van der Waals surface area contributed by atoms with E-state index in [-0.39, 0.29) is 17.0 Å². The van der Waals surface area contributed by atoms with Gasteiger partial charge >= 0.3 is 0 Å². The van der Waals surface area contributed by atoms with Gasteiger partial charge in [0.15, 0.2) is 11.1 Å². The third-order valence-electron chi connectivity index (χ3n) is 5.96. The van der Waals surface area contributed by atoms with E-state index in [0.29, 0.717) is 29.5 Å². The molecule has 0 saturated heterocycles. The van der Waals surface area contributed by atoms with Crippen molar-refractivity contribution in [2.75, 3.05) is 7.11 Å². The fraction of sp³-hybridized carbons (Fsp3) is 0.579. The molecule has 2 aromatic heterocycles. The first-order valence-corrected chi connectivity index (χ1v) is 9.31. The Morgan fingerprint density at radius 1 is 1.46 bits per heavy atom. The van der Waals surface area contributed by atoms with Gasteiger partial charge in [-0.2, -0.15) is 0 Å². The summed E-state index contributed by atoms with van der Waals surface area (Å²) in [7, 11) is 1.63. The minimum absolute atomic E-state index is 0.105. The summed E-state index contributed by atoms with van der Waals surface area (Å²) in [5.41, 5.74) is 0.443. The number of methoxy groups -OCH3 is 1. The first-order chi connectivity index (χ1) is 12.5. The fourth-order valence-corrected chi connectivity index (χ4v) is 4.01. The van der Waals surface area contributed by atoms with E-state index in [1.807, 2.05) is 13.0 Å². The lowest BCUT2D eigenvalue weighted by Crippen LogP contribution is -2.47. The number of nitrogens with one attached hydrogen (secondary N) is 2. The zero-order valence-electron chi connectivity index (χ0n) is 15.3. The van der Waals surface area contributed by atoms with Gasteiger partial charge in [0.05, 0.1) is 18.2 Å². The highest BCUT2D eigenvalue weighted by Gasteiger charge is 2.57. The predicted molar refractivity (Wildman–Crippen MR) is 98.5 cm³/mol. The van der Waals surface area contributed by atoms with Crippen LogP contribution >= 0.6 is 0 Å². The lowest BCUT2D eigenvalue weighted by molar-refractivity contribution is 0.0847. The minimum Gasteiger partial charge on any atom is -0.380 e. The molecular weight excluding hydrogens is 330 g/mol. The number of pyridine rings is 1. The number of hydrogen-bond donors (Lipinski definition) is 2. The Balaban J connectivity index is 1.91. The molecule has 1 atom stereocenters. The average Bonchev–Trinajstić information content (AvgIpc) is 3.55. The highest BCUT2D eigenvalue weighted by molar-refractivity contribution is 5.95. The van der Waals surface area contributed by atoms with Gasteiger partial charge in [-0.1, -0.05) is 6.92 Å². The van der Waals surface area contributed by atoms with E-state index < -0.39 is 5.56 Å². The predicted octanol–water partition coefficient (Wildman–Crippen LogP) is 2.12. The molecule has 4 rings (SSSR count). The Bertz CT molecular complexity index is 978. The van der Waals surface area contributed by atoms with Gasteiger partial charge in [-0.05, 0) is 50.2 Å². The van der Waals surface area contributed by atoms with Crippen LogP contribution < -0.4 is 11.0 Å². The highest BCUT2D eigenvalue weighted by atomic mass is 16.5. The van der Waals surface area contributed by atoms with E-state index in [1.165, 1.54) is 4.57 Å². The molecule has 2 fully saturated rings. The SMILES string of the molecule is CCC(Cn1c(=O)c(=N)n(C(=N)C2(C3CC3)CC2)c2ncccc21)OC. The molecule has 7 nitrogen and oxygen atoms in total. The zero-order chi connectivity index (χ0) is 18.5. The van der Waals surface area contributed by atoms with Crippen molar-refractivity contribution < 1.29 is 4.74 Å². The molecule has 0 bridgehead atoms. The van der Waals surface area contributed by atoms with E-state index in [0.717, 1.165) is 32.1 Å². The molecule has 2 heterocycles. The van der Waals surface area contributed by atoms with Crippen LogP contribution in [0.5, 0.6) is 0 Å². The molecule has 2 aliphatic carbocycles. The van der Waals surface area contributed by atoms with Crippen molar-refractivity contribution in [1.82, 2.24) is 14.1 Å². The van der Waals surface area contributed by atoms with E-state index in [1.54, 1.807) is 23.9 Å². The van der Waals surface area contributed by atoms with Crippen molar-refractivity contribution in [2.24, 2.45) is 11.3 Å². The van der Waals surface area contributed by atoms with Crippen LogP contribution in [0.2, 0.25) is 0 Å². The van der Waals surface area contributed by atoms with Gasteiger partial charge in [-0.15, -0.1) is 0 Å². The van der Waals surface area contributed by atoms with Crippen LogP contribution in [0, 0.1) is 22.2 Å². The molecule has 2 saturated carbocycles. The maximum absolute atomic E-state index is 13.0. The van der Waals surface area contributed by atoms with Crippen LogP contribution in [0.15, 0.2) is 23.1 Å². The van der Waals surface area contributed by atoms with Crippen molar-refractivity contribution in [1.29, 1.82) is 10.8 Å². The van der Waals surface area contributed by atoms with E-state index in [2.05, 4.69) is 4.98 Å². The number of fused-ring (bicyclic) bond motifs is 1. The second-order valence-corrected chi connectivity index (χ2v) is 7.49. The summed E-state index contributed by atoms with van der Waals surface area (Å²) in [5, 5.41) is 17.3. The Morgan fingerprint density at radius 3 is 2.77 bits per heavy atom. The first kappa shape index (κ1) is 17.1. The van der Waals surface area contributed by atoms with Gasteiger partial charge in [0, 0.05) is 18.7 Å². The molecule has 26 heavy (non-hydrogen) atoms. The number of hydrogen-bond acceptors (Lipinski definition) is 5. The molecule has 2 N–H and O–H groups in total. The number of nitrogens with zero attached hydrogens (tertiary/aromatic N) is 3. The Hall–Kier alpha value is -2.28. The highest BCUT2D eigenvalue weighted by Crippen LogP contribution is 2.62. The Labute approximate surface area is 151 Å². The molecule has 1 unspecified atom stereocenters. The number of rotatable bonds is 6. The molecule has 0 amide bonds. The topological polar surface area (TPSA) is 96.8 Å². The first-order valence-electron chi connectivity index (χ1n) is 9.31. The fourth-order valence-electron chi connectivity index (χ4n) is 4.01. The third-order valence-corrected chi connectivity index (χ3v) is 5.96. The minimum atomic E-state index is -0.391. The molecule has 0 spiro atoms. The van der Waals surface area contributed by atoms with E-state index in [4.69, 9.17) is 15.6 Å². The van der Waals surface area contributed by atoms with Gasteiger partial charge in [-0.25, -0.2) is 4.98 Å². The zero-order valence-corrected chi connectivity index (χ0v) is 15.3. The molecule has 0 radical (unpaired) electrons. The molecule has 0 aliphatic heterocycles.